The van der Waals surface area contributed by atoms with Gasteiger partial charge in [-0.25, -0.2) is 9.97 Å². The molecule has 0 saturated carbocycles. The van der Waals surface area contributed by atoms with Crippen LogP contribution >= 0.6 is 31.9 Å². The lowest BCUT2D eigenvalue weighted by Crippen LogP contribution is -1.91. The molecule has 0 N–H and O–H groups in total. The zero-order valence-electron chi connectivity index (χ0n) is 8.45. The fraction of sp³-hybridized carbons (Fsp3) is 0.0909. The first-order valence-electron chi connectivity index (χ1n) is 4.56. The highest BCUT2D eigenvalue weighted by Gasteiger charge is 2.06. The molecule has 1 heterocycles. The van der Waals surface area contributed by atoms with E-state index in [0.29, 0.717) is 5.88 Å². The molecule has 0 aliphatic rings. The first kappa shape index (κ1) is 11.5. The summed E-state index contributed by atoms with van der Waals surface area (Å²) >= 11 is 6.74. The Kier molecular flexibility index (Phi) is 3.56. The molecule has 0 unspecified atom stereocenters. The molecule has 0 aliphatic carbocycles. The van der Waals surface area contributed by atoms with Crippen LogP contribution in [0.15, 0.2) is 39.7 Å². The normalized spacial score (nSPS) is 10.2. The Balaban J connectivity index is 2.31. The summed E-state index contributed by atoms with van der Waals surface area (Å²) in [5.41, 5.74) is 1.04. The van der Waals surface area contributed by atoms with Crippen molar-refractivity contribution in [3.05, 3.63) is 45.2 Å². The van der Waals surface area contributed by atoms with Gasteiger partial charge in [-0.1, -0.05) is 15.9 Å². The lowest BCUT2D eigenvalue weighted by Gasteiger charge is -2.08. The van der Waals surface area contributed by atoms with Crippen molar-refractivity contribution >= 4 is 31.9 Å². The fourth-order valence-electron chi connectivity index (χ4n) is 1.21. The van der Waals surface area contributed by atoms with Crippen LogP contribution in [-0.4, -0.2) is 9.97 Å². The summed E-state index contributed by atoms with van der Waals surface area (Å²) in [6.45, 7) is 1.98. The third kappa shape index (κ3) is 2.59. The highest BCUT2D eigenvalue weighted by Crippen LogP contribution is 2.29. The Morgan fingerprint density at radius 3 is 2.75 bits per heavy atom. The summed E-state index contributed by atoms with van der Waals surface area (Å²) in [7, 11) is 0. The maximum atomic E-state index is 5.68. The smallest absolute Gasteiger partial charge is 0.236 e. The average molecular weight is 344 g/mol. The zero-order valence-corrected chi connectivity index (χ0v) is 11.6. The van der Waals surface area contributed by atoms with Gasteiger partial charge in [0.1, 0.15) is 12.1 Å². The second kappa shape index (κ2) is 4.93. The van der Waals surface area contributed by atoms with Crippen molar-refractivity contribution < 1.29 is 4.74 Å². The van der Waals surface area contributed by atoms with Crippen LogP contribution in [0.2, 0.25) is 0 Å². The van der Waals surface area contributed by atoms with E-state index in [0.717, 1.165) is 20.3 Å². The highest BCUT2D eigenvalue weighted by molar-refractivity contribution is 9.10. The van der Waals surface area contributed by atoms with Gasteiger partial charge in [-0.05, 0) is 46.6 Å². The summed E-state index contributed by atoms with van der Waals surface area (Å²) in [6, 6.07) is 5.82. The number of aryl methyl sites for hydroxylation is 1. The standard InChI is InChI=1S/C11H8Br2N2O/c1-7-4-8(12)2-3-10(7)16-11-9(13)5-14-6-15-11/h2-6H,1H3. The summed E-state index contributed by atoms with van der Waals surface area (Å²) < 4.78 is 7.44. The minimum atomic E-state index is 0.514. The van der Waals surface area contributed by atoms with Gasteiger partial charge in [0, 0.05) is 10.7 Å². The molecule has 0 spiro atoms. The maximum Gasteiger partial charge on any atom is 0.236 e. The Labute approximate surface area is 110 Å². The van der Waals surface area contributed by atoms with Gasteiger partial charge in [-0.2, -0.15) is 0 Å². The van der Waals surface area contributed by atoms with Gasteiger partial charge in [-0.3, -0.25) is 0 Å². The molecule has 0 aliphatic heterocycles. The number of benzene rings is 1. The Morgan fingerprint density at radius 2 is 2.06 bits per heavy atom. The first-order chi connectivity index (χ1) is 7.66. The van der Waals surface area contributed by atoms with Gasteiger partial charge in [0.2, 0.25) is 5.88 Å². The van der Waals surface area contributed by atoms with Crippen molar-refractivity contribution in [2.45, 2.75) is 6.92 Å². The molecule has 0 bridgehead atoms. The van der Waals surface area contributed by atoms with E-state index < -0.39 is 0 Å². The van der Waals surface area contributed by atoms with E-state index in [9.17, 15) is 0 Å². The minimum Gasteiger partial charge on any atom is -0.437 e. The van der Waals surface area contributed by atoms with Crippen molar-refractivity contribution in [2.75, 3.05) is 0 Å². The number of nitrogens with zero attached hydrogens (tertiary/aromatic N) is 2. The van der Waals surface area contributed by atoms with E-state index in [-0.39, 0.29) is 0 Å². The van der Waals surface area contributed by atoms with Crippen LogP contribution in [0, 0.1) is 6.92 Å². The maximum absolute atomic E-state index is 5.68. The van der Waals surface area contributed by atoms with Crippen molar-refractivity contribution in [3.8, 4) is 11.6 Å². The molecule has 16 heavy (non-hydrogen) atoms. The first-order valence-corrected chi connectivity index (χ1v) is 6.15. The van der Waals surface area contributed by atoms with Gasteiger partial charge >= 0.3 is 0 Å². The van der Waals surface area contributed by atoms with Crippen LogP contribution in [0.4, 0.5) is 0 Å². The van der Waals surface area contributed by atoms with E-state index in [1.165, 1.54) is 6.33 Å². The topological polar surface area (TPSA) is 35.0 Å². The molecule has 1 aromatic heterocycles. The van der Waals surface area contributed by atoms with Crippen LogP contribution < -0.4 is 4.74 Å². The average Bonchev–Trinajstić information content (AvgIpc) is 2.25. The third-order valence-corrected chi connectivity index (χ3v) is 3.01. The minimum absolute atomic E-state index is 0.514. The lowest BCUT2D eigenvalue weighted by molar-refractivity contribution is 0.454. The predicted molar refractivity (Wildman–Crippen MR) is 68.7 cm³/mol. The molecule has 0 fully saturated rings. The van der Waals surface area contributed by atoms with Crippen LogP contribution in [-0.2, 0) is 0 Å². The molecule has 0 amide bonds. The number of halogens is 2. The van der Waals surface area contributed by atoms with E-state index in [1.54, 1.807) is 6.20 Å². The molecule has 2 aromatic rings. The van der Waals surface area contributed by atoms with Crippen LogP contribution in [0.25, 0.3) is 0 Å². The second-order valence-corrected chi connectivity index (χ2v) is 4.96. The van der Waals surface area contributed by atoms with Crippen molar-refractivity contribution in [1.82, 2.24) is 9.97 Å². The molecule has 2 rings (SSSR count). The summed E-state index contributed by atoms with van der Waals surface area (Å²) in [5.74, 6) is 1.29. The number of aromatic nitrogens is 2. The molecule has 5 heteroatoms. The number of ether oxygens (including phenoxy) is 1. The van der Waals surface area contributed by atoms with E-state index in [2.05, 4.69) is 41.8 Å². The van der Waals surface area contributed by atoms with E-state index in [1.807, 2.05) is 25.1 Å². The predicted octanol–water partition coefficient (Wildman–Crippen LogP) is 4.10. The molecular weight excluding hydrogens is 336 g/mol. The van der Waals surface area contributed by atoms with E-state index >= 15 is 0 Å². The quantitative estimate of drug-likeness (QED) is 0.823. The van der Waals surface area contributed by atoms with Gasteiger partial charge in [0.15, 0.2) is 0 Å². The monoisotopic (exact) mass is 342 g/mol. The Bertz CT molecular complexity index is 517. The van der Waals surface area contributed by atoms with Crippen molar-refractivity contribution in [3.63, 3.8) is 0 Å². The summed E-state index contributed by atoms with van der Waals surface area (Å²) in [5, 5.41) is 0. The van der Waals surface area contributed by atoms with Gasteiger partial charge in [0.25, 0.3) is 0 Å². The zero-order chi connectivity index (χ0) is 11.5. The molecular formula is C11H8Br2N2O. The summed E-state index contributed by atoms with van der Waals surface area (Å²) in [4.78, 5) is 7.92. The van der Waals surface area contributed by atoms with Crippen LogP contribution in [0.1, 0.15) is 5.56 Å². The van der Waals surface area contributed by atoms with Crippen LogP contribution in [0.3, 0.4) is 0 Å². The van der Waals surface area contributed by atoms with Crippen molar-refractivity contribution in [1.29, 1.82) is 0 Å². The largest absolute Gasteiger partial charge is 0.437 e. The number of hydrogen-bond donors (Lipinski definition) is 0. The SMILES string of the molecule is Cc1cc(Br)ccc1Oc1ncncc1Br. The Morgan fingerprint density at radius 1 is 1.25 bits per heavy atom. The fourth-order valence-corrected chi connectivity index (χ4v) is 1.99. The van der Waals surface area contributed by atoms with Gasteiger partial charge < -0.3 is 4.74 Å². The molecule has 0 atom stereocenters. The van der Waals surface area contributed by atoms with Gasteiger partial charge in [0.05, 0.1) is 4.47 Å². The summed E-state index contributed by atoms with van der Waals surface area (Å²) in [6.07, 6.45) is 3.10. The number of hydrogen-bond acceptors (Lipinski definition) is 3. The van der Waals surface area contributed by atoms with Crippen LogP contribution in [0.5, 0.6) is 11.6 Å². The number of rotatable bonds is 2. The molecule has 0 saturated heterocycles. The lowest BCUT2D eigenvalue weighted by atomic mass is 10.2. The molecule has 0 radical (unpaired) electrons. The van der Waals surface area contributed by atoms with Gasteiger partial charge in [-0.15, -0.1) is 0 Å². The Hall–Kier alpha value is -0.940. The molecule has 82 valence electrons. The molecule has 3 nitrogen and oxygen atoms in total. The second-order valence-electron chi connectivity index (χ2n) is 3.19. The van der Waals surface area contributed by atoms with E-state index in [4.69, 9.17) is 4.74 Å². The third-order valence-electron chi connectivity index (χ3n) is 1.98. The highest BCUT2D eigenvalue weighted by atomic mass is 79.9. The van der Waals surface area contributed by atoms with Crippen molar-refractivity contribution in [2.24, 2.45) is 0 Å². The molecule has 1 aromatic carbocycles.